The smallest absolute Gasteiger partial charge is 0.163 e. The van der Waals surface area contributed by atoms with Crippen molar-refractivity contribution >= 4 is 34.0 Å². The second-order valence-corrected chi connectivity index (χ2v) is 10.5. The van der Waals surface area contributed by atoms with E-state index < -0.39 is 23.7 Å². The molecule has 7 nitrogen and oxygen atoms in total. The topological polar surface area (TPSA) is 100 Å². The highest BCUT2D eigenvalue weighted by atomic mass is 32.1. The van der Waals surface area contributed by atoms with Crippen LogP contribution in [0.25, 0.3) is 11.2 Å². The Kier molecular flexibility index (Phi) is 4.89. The number of anilines is 1. The van der Waals surface area contributed by atoms with Crippen LogP contribution in [0.1, 0.15) is 48.7 Å². The predicted molar refractivity (Wildman–Crippen MR) is 124 cm³/mol. The number of nitrogens with one attached hydrogen (secondary N) is 1. The van der Waals surface area contributed by atoms with Gasteiger partial charge in [0.25, 0.3) is 0 Å². The van der Waals surface area contributed by atoms with Crippen molar-refractivity contribution < 1.29 is 15.0 Å². The lowest BCUT2D eigenvalue weighted by Crippen LogP contribution is -2.36. The van der Waals surface area contributed by atoms with Gasteiger partial charge >= 0.3 is 0 Å². The molecule has 5 atom stereocenters. The fourth-order valence-corrected chi connectivity index (χ4v) is 5.83. The van der Waals surface area contributed by atoms with Gasteiger partial charge in [-0.3, -0.25) is 4.79 Å². The summed E-state index contributed by atoms with van der Waals surface area (Å²) in [6.45, 7) is 7.63. The van der Waals surface area contributed by atoms with Gasteiger partial charge in [-0.1, -0.05) is 0 Å². The van der Waals surface area contributed by atoms with Crippen molar-refractivity contribution in [1.29, 1.82) is 0 Å². The van der Waals surface area contributed by atoms with Crippen LogP contribution < -0.4 is 5.32 Å². The third-order valence-electron chi connectivity index (χ3n) is 6.68. The molecule has 3 aromatic heterocycles. The van der Waals surface area contributed by atoms with Crippen LogP contribution in [0.5, 0.6) is 0 Å². The van der Waals surface area contributed by atoms with Gasteiger partial charge in [-0.15, -0.1) is 11.3 Å². The first-order valence-electron chi connectivity index (χ1n) is 10.8. The molecule has 2 aliphatic rings. The summed E-state index contributed by atoms with van der Waals surface area (Å²) in [7, 11) is 0. The van der Waals surface area contributed by atoms with Crippen molar-refractivity contribution in [3.63, 3.8) is 0 Å². The van der Waals surface area contributed by atoms with E-state index in [4.69, 9.17) is 4.98 Å². The van der Waals surface area contributed by atoms with Crippen molar-refractivity contribution in [2.24, 2.45) is 11.3 Å². The van der Waals surface area contributed by atoms with Gasteiger partial charge in [0.05, 0.1) is 34.5 Å². The number of rotatable bonds is 4. The standard InChI is InChI=1S/C24H26N4O3S/c1-12(2)26-18-9-15(6-8-16-7-5-13(3)32-16)27-23-19(18)25-11-28(23)20-17-10-24(17,14(4)29)22(31)21(20)30/h5,7,9,11-12,17,20-22,30-31H,10H2,1-4H3,(H,26,27)/t17?,20-,21+,22+,24-/m1/s1. The van der Waals surface area contributed by atoms with Gasteiger partial charge < -0.3 is 20.1 Å². The van der Waals surface area contributed by atoms with E-state index in [2.05, 4.69) is 22.1 Å². The first-order valence-corrected chi connectivity index (χ1v) is 11.6. The minimum Gasteiger partial charge on any atom is -0.389 e. The number of carbonyl (C=O) groups excluding carboxylic acids is 1. The van der Waals surface area contributed by atoms with Gasteiger partial charge in [0.2, 0.25) is 0 Å². The normalized spacial score (nSPS) is 28.5. The highest BCUT2D eigenvalue weighted by Gasteiger charge is 2.74. The van der Waals surface area contributed by atoms with Gasteiger partial charge in [-0.25, -0.2) is 9.97 Å². The molecule has 2 fully saturated rings. The number of imidazole rings is 1. The molecule has 166 valence electrons. The first kappa shape index (κ1) is 21.1. The number of aryl methyl sites for hydroxylation is 1. The highest BCUT2D eigenvalue weighted by Crippen LogP contribution is 2.68. The van der Waals surface area contributed by atoms with Crippen LogP contribution in [-0.4, -0.2) is 48.8 Å². The third-order valence-corrected chi connectivity index (χ3v) is 7.59. The highest BCUT2D eigenvalue weighted by molar-refractivity contribution is 7.12. The van der Waals surface area contributed by atoms with Gasteiger partial charge in [0.15, 0.2) is 5.65 Å². The molecule has 8 heteroatoms. The van der Waals surface area contributed by atoms with E-state index in [1.807, 2.05) is 43.5 Å². The fourth-order valence-electron chi connectivity index (χ4n) is 5.11. The van der Waals surface area contributed by atoms with E-state index in [0.717, 1.165) is 10.6 Å². The van der Waals surface area contributed by atoms with Gasteiger partial charge in [-0.05, 0) is 70.1 Å². The molecule has 0 saturated heterocycles. The van der Waals surface area contributed by atoms with Crippen LogP contribution in [0.3, 0.4) is 0 Å². The van der Waals surface area contributed by atoms with Crippen molar-refractivity contribution in [3.05, 3.63) is 40.0 Å². The number of aliphatic hydroxyl groups is 2. The largest absolute Gasteiger partial charge is 0.389 e. The molecule has 2 aliphatic carbocycles. The number of thiophene rings is 1. The Morgan fingerprint density at radius 1 is 1.34 bits per heavy atom. The van der Waals surface area contributed by atoms with E-state index in [9.17, 15) is 15.0 Å². The van der Waals surface area contributed by atoms with E-state index in [0.29, 0.717) is 23.3 Å². The summed E-state index contributed by atoms with van der Waals surface area (Å²) in [6.07, 6.45) is 0.0881. The zero-order chi connectivity index (χ0) is 22.8. The van der Waals surface area contributed by atoms with Crippen molar-refractivity contribution in [2.45, 2.75) is 58.4 Å². The number of hydrogen-bond acceptors (Lipinski definition) is 7. The summed E-state index contributed by atoms with van der Waals surface area (Å²) in [5, 5.41) is 24.9. The van der Waals surface area contributed by atoms with Crippen molar-refractivity contribution in [2.75, 3.05) is 5.32 Å². The lowest BCUT2D eigenvalue weighted by molar-refractivity contribution is -0.128. The molecule has 0 bridgehead atoms. The van der Waals surface area contributed by atoms with Gasteiger partial charge in [0, 0.05) is 10.9 Å². The van der Waals surface area contributed by atoms with Crippen LogP contribution in [0, 0.1) is 30.1 Å². The molecule has 1 unspecified atom stereocenters. The fraction of sp³-hybridized carbons (Fsp3) is 0.458. The van der Waals surface area contributed by atoms with E-state index in [-0.39, 0.29) is 17.7 Å². The Morgan fingerprint density at radius 2 is 2.12 bits per heavy atom. The monoisotopic (exact) mass is 450 g/mol. The van der Waals surface area contributed by atoms with E-state index >= 15 is 0 Å². The molecular weight excluding hydrogens is 424 g/mol. The van der Waals surface area contributed by atoms with Crippen LogP contribution in [0.15, 0.2) is 24.5 Å². The number of Topliss-reactive ketones (excluding diaryl/α,β-unsaturated/α-hetero) is 1. The maximum atomic E-state index is 12.3. The quantitative estimate of drug-likeness (QED) is 0.529. The van der Waals surface area contributed by atoms with Crippen LogP contribution in [0.4, 0.5) is 5.69 Å². The maximum Gasteiger partial charge on any atom is 0.163 e. The minimum absolute atomic E-state index is 0.0751. The SMILES string of the molecule is CC(=O)[C@]12CC1[C@@H](n1cnc3c(NC(C)C)cc(C#Cc4ccc(C)s4)nc31)[C@H](O)[C@@H]2O. The number of ketones is 1. The minimum atomic E-state index is -1.08. The second-order valence-electron chi connectivity index (χ2n) is 9.17. The number of hydrogen-bond donors (Lipinski definition) is 3. The van der Waals surface area contributed by atoms with Crippen LogP contribution >= 0.6 is 11.3 Å². The third kappa shape index (κ3) is 3.15. The van der Waals surface area contributed by atoms with E-state index in [1.165, 1.54) is 11.8 Å². The molecule has 3 N–H and O–H groups in total. The molecule has 3 aromatic rings. The molecule has 0 aromatic carbocycles. The van der Waals surface area contributed by atoms with Gasteiger partial charge in [0.1, 0.15) is 23.1 Å². The Bertz CT molecular complexity index is 1280. The van der Waals surface area contributed by atoms with Gasteiger partial charge in [-0.2, -0.15) is 0 Å². The lowest BCUT2D eigenvalue weighted by atomic mass is 9.95. The summed E-state index contributed by atoms with van der Waals surface area (Å²) >= 11 is 1.63. The molecule has 0 amide bonds. The number of nitrogens with zero attached hydrogens (tertiary/aromatic N) is 3. The molecule has 3 heterocycles. The number of carbonyl (C=O) groups is 1. The average Bonchev–Trinajstić information content (AvgIpc) is 2.98. The zero-order valence-corrected chi connectivity index (χ0v) is 19.3. The molecule has 2 saturated carbocycles. The van der Waals surface area contributed by atoms with Crippen molar-refractivity contribution in [3.8, 4) is 11.8 Å². The number of pyridine rings is 1. The summed E-state index contributed by atoms with van der Waals surface area (Å²) in [5.74, 6) is 6.13. The van der Waals surface area contributed by atoms with Crippen molar-refractivity contribution in [1.82, 2.24) is 14.5 Å². The zero-order valence-electron chi connectivity index (χ0n) is 18.5. The molecule has 0 aliphatic heterocycles. The Balaban J connectivity index is 1.61. The number of aliphatic hydroxyl groups excluding tert-OH is 2. The molecule has 5 rings (SSSR count). The number of fused-ring (bicyclic) bond motifs is 2. The summed E-state index contributed by atoms with van der Waals surface area (Å²) in [6, 6.07) is 5.65. The first-order chi connectivity index (χ1) is 15.2. The Hall–Kier alpha value is -2.73. The Labute approximate surface area is 190 Å². The lowest BCUT2D eigenvalue weighted by Gasteiger charge is -2.23. The van der Waals surface area contributed by atoms with E-state index in [1.54, 1.807) is 17.7 Å². The molecular formula is C24H26N4O3S. The summed E-state index contributed by atoms with van der Waals surface area (Å²) in [4.78, 5) is 23.8. The average molecular weight is 451 g/mol. The summed E-state index contributed by atoms with van der Waals surface area (Å²) < 4.78 is 1.82. The Morgan fingerprint density at radius 3 is 2.75 bits per heavy atom. The maximum absolute atomic E-state index is 12.3. The number of aromatic nitrogens is 3. The summed E-state index contributed by atoms with van der Waals surface area (Å²) in [5.41, 5.74) is 1.82. The van der Waals surface area contributed by atoms with Crippen LogP contribution in [-0.2, 0) is 4.79 Å². The van der Waals surface area contributed by atoms with Crippen LogP contribution in [0.2, 0.25) is 0 Å². The molecule has 0 radical (unpaired) electrons. The molecule has 0 spiro atoms. The predicted octanol–water partition coefficient (Wildman–Crippen LogP) is 2.89. The molecule has 32 heavy (non-hydrogen) atoms. The second kappa shape index (κ2) is 7.41.